The monoisotopic (exact) mass is 348 g/mol. The summed E-state index contributed by atoms with van der Waals surface area (Å²) in [6, 6.07) is 5.16. The summed E-state index contributed by atoms with van der Waals surface area (Å²) in [5, 5.41) is 11.3. The summed E-state index contributed by atoms with van der Waals surface area (Å²) in [4.78, 5) is 23.8. The predicted molar refractivity (Wildman–Crippen MR) is 79.7 cm³/mol. The number of nitrogens with one attached hydrogen (secondary N) is 1. The molecule has 0 aliphatic rings. The lowest BCUT2D eigenvalue weighted by Gasteiger charge is -2.20. The van der Waals surface area contributed by atoms with Gasteiger partial charge in [0.25, 0.3) is 0 Å². The van der Waals surface area contributed by atoms with Gasteiger partial charge in [0.15, 0.2) is 0 Å². The molecule has 2 N–H and O–H groups in total. The maximum atomic E-state index is 12.3. The molecule has 134 valence electrons. The highest BCUT2D eigenvalue weighted by atomic mass is 19.4. The molecule has 0 fully saturated rings. The second-order valence-electron chi connectivity index (χ2n) is 5.26. The van der Waals surface area contributed by atoms with E-state index in [1.54, 1.807) is 6.07 Å². The first-order valence-electron chi connectivity index (χ1n) is 7.15. The fourth-order valence-corrected chi connectivity index (χ4v) is 1.95. The third-order valence-electron chi connectivity index (χ3n) is 3.18. The van der Waals surface area contributed by atoms with Crippen molar-refractivity contribution >= 4 is 12.0 Å². The molecule has 0 aliphatic heterocycles. The Morgan fingerprint density at radius 1 is 1.33 bits per heavy atom. The lowest BCUT2D eigenvalue weighted by molar-refractivity contribution is -0.274. The van der Waals surface area contributed by atoms with Gasteiger partial charge in [-0.2, -0.15) is 0 Å². The molecule has 0 radical (unpaired) electrons. The Morgan fingerprint density at radius 3 is 2.54 bits per heavy atom. The van der Waals surface area contributed by atoms with Crippen LogP contribution in [-0.2, 0) is 11.2 Å². The summed E-state index contributed by atoms with van der Waals surface area (Å²) in [6.45, 7) is 1.58. The molecule has 1 aromatic rings. The molecule has 1 unspecified atom stereocenters. The van der Waals surface area contributed by atoms with Gasteiger partial charge >= 0.3 is 18.4 Å². The number of ether oxygens (including phenoxy) is 1. The molecule has 0 bridgehead atoms. The largest absolute Gasteiger partial charge is 0.573 e. The number of rotatable bonds is 7. The van der Waals surface area contributed by atoms with E-state index in [0.717, 1.165) is 0 Å². The summed E-state index contributed by atoms with van der Waals surface area (Å²) in [5.74, 6) is -2.05. The van der Waals surface area contributed by atoms with Gasteiger partial charge in [-0.15, -0.1) is 13.2 Å². The van der Waals surface area contributed by atoms with Crippen molar-refractivity contribution in [3.8, 4) is 5.75 Å². The number of carboxylic acids is 1. The Bertz CT molecular complexity index is 578. The van der Waals surface area contributed by atoms with Gasteiger partial charge in [0.1, 0.15) is 5.75 Å². The average Bonchev–Trinajstić information content (AvgIpc) is 2.47. The van der Waals surface area contributed by atoms with Crippen molar-refractivity contribution in [3.63, 3.8) is 0 Å². The maximum Gasteiger partial charge on any atom is 0.573 e. The number of carbonyl (C=O) groups is 2. The minimum absolute atomic E-state index is 0.0228. The molecule has 24 heavy (non-hydrogen) atoms. The number of aliphatic carboxylic acids is 1. The number of amides is 2. The van der Waals surface area contributed by atoms with Gasteiger partial charge in [-0.25, -0.2) is 4.79 Å². The molecule has 1 aromatic carbocycles. The van der Waals surface area contributed by atoms with Crippen LogP contribution in [0.15, 0.2) is 24.3 Å². The Labute approximate surface area is 137 Å². The van der Waals surface area contributed by atoms with E-state index in [-0.39, 0.29) is 25.3 Å². The van der Waals surface area contributed by atoms with E-state index in [4.69, 9.17) is 5.11 Å². The Balaban J connectivity index is 2.53. The highest BCUT2D eigenvalue weighted by Gasteiger charge is 2.31. The molecular weight excluding hydrogens is 329 g/mol. The van der Waals surface area contributed by atoms with Crippen molar-refractivity contribution in [2.24, 2.45) is 5.92 Å². The molecule has 1 atom stereocenters. The molecule has 0 heterocycles. The zero-order valence-electron chi connectivity index (χ0n) is 13.3. The first-order chi connectivity index (χ1) is 11.1. The van der Waals surface area contributed by atoms with Crippen molar-refractivity contribution in [3.05, 3.63) is 29.8 Å². The second kappa shape index (κ2) is 8.42. The van der Waals surface area contributed by atoms with E-state index in [1.165, 1.54) is 37.1 Å². The molecule has 0 aliphatic carbocycles. The van der Waals surface area contributed by atoms with E-state index < -0.39 is 24.3 Å². The number of hydrogen-bond donors (Lipinski definition) is 2. The summed E-state index contributed by atoms with van der Waals surface area (Å²) in [7, 11) is 1.44. The molecular formula is C15H19F3N2O4. The van der Waals surface area contributed by atoms with Gasteiger partial charge in [-0.3, -0.25) is 4.79 Å². The van der Waals surface area contributed by atoms with Gasteiger partial charge in [0, 0.05) is 20.1 Å². The Morgan fingerprint density at radius 2 is 1.96 bits per heavy atom. The molecule has 0 saturated carbocycles. The lowest BCUT2D eigenvalue weighted by Crippen LogP contribution is -2.41. The number of urea groups is 1. The first kappa shape index (κ1) is 19.6. The Hall–Kier alpha value is -2.45. The summed E-state index contributed by atoms with van der Waals surface area (Å²) in [5.41, 5.74) is 0.302. The number of carboxylic acid groups (broad SMARTS) is 1. The van der Waals surface area contributed by atoms with Crippen LogP contribution >= 0.6 is 0 Å². The number of para-hydroxylation sites is 1. The van der Waals surface area contributed by atoms with Crippen LogP contribution in [0.5, 0.6) is 5.75 Å². The zero-order valence-corrected chi connectivity index (χ0v) is 13.3. The lowest BCUT2D eigenvalue weighted by atomic mass is 10.1. The topological polar surface area (TPSA) is 78.9 Å². The van der Waals surface area contributed by atoms with Crippen LogP contribution in [-0.4, -0.2) is 48.5 Å². The van der Waals surface area contributed by atoms with Gasteiger partial charge < -0.3 is 20.1 Å². The van der Waals surface area contributed by atoms with E-state index in [0.29, 0.717) is 5.56 Å². The highest BCUT2D eigenvalue weighted by Crippen LogP contribution is 2.26. The fourth-order valence-electron chi connectivity index (χ4n) is 1.95. The van der Waals surface area contributed by atoms with Crippen molar-refractivity contribution in [2.45, 2.75) is 19.7 Å². The van der Waals surface area contributed by atoms with Gasteiger partial charge in [0.05, 0.1) is 5.92 Å². The number of carbonyl (C=O) groups excluding carboxylic acids is 1. The highest BCUT2D eigenvalue weighted by molar-refractivity contribution is 5.75. The van der Waals surface area contributed by atoms with Crippen LogP contribution in [0, 0.1) is 5.92 Å². The minimum atomic E-state index is -4.79. The van der Waals surface area contributed by atoms with Crippen LogP contribution < -0.4 is 10.1 Å². The molecule has 0 saturated heterocycles. The van der Waals surface area contributed by atoms with Gasteiger partial charge in [-0.1, -0.05) is 25.1 Å². The molecule has 0 spiro atoms. The van der Waals surface area contributed by atoms with Crippen LogP contribution in [0.2, 0.25) is 0 Å². The fraction of sp³-hybridized carbons (Fsp3) is 0.467. The minimum Gasteiger partial charge on any atom is -0.481 e. The quantitative estimate of drug-likeness (QED) is 0.793. The molecule has 9 heteroatoms. The normalized spacial score (nSPS) is 12.4. The van der Waals surface area contributed by atoms with Crippen LogP contribution in [0.3, 0.4) is 0 Å². The predicted octanol–water partition coefficient (Wildman–Crippen LogP) is 2.49. The molecule has 6 nitrogen and oxygen atoms in total. The SMILES string of the molecule is CC(CN(C)C(=O)NCCc1ccccc1OC(F)(F)F)C(=O)O. The second-order valence-corrected chi connectivity index (χ2v) is 5.26. The summed E-state index contributed by atoms with van der Waals surface area (Å²) in [6.07, 6.45) is -4.65. The number of nitrogens with zero attached hydrogens (tertiary/aromatic N) is 1. The van der Waals surface area contributed by atoms with Crippen LogP contribution in [0.4, 0.5) is 18.0 Å². The third-order valence-corrected chi connectivity index (χ3v) is 3.18. The average molecular weight is 348 g/mol. The Kier molecular flexibility index (Phi) is 6.87. The number of alkyl halides is 3. The molecule has 2 amide bonds. The number of hydrogen-bond acceptors (Lipinski definition) is 3. The van der Waals surface area contributed by atoms with E-state index >= 15 is 0 Å². The van der Waals surface area contributed by atoms with E-state index in [2.05, 4.69) is 10.1 Å². The van der Waals surface area contributed by atoms with Crippen LogP contribution in [0.1, 0.15) is 12.5 Å². The van der Waals surface area contributed by atoms with Gasteiger partial charge in [0.2, 0.25) is 0 Å². The smallest absolute Gasteiger partial charge is 0.481 e. The summed E-state index contributed by atoms with van der Waals surface area (Å²) < 4.78 is 40.9. The maximum absolute atomic E-state index is 12.3. The molecule has 1 rings (SSSR count). The van der Waals surface area contributed by atoms with Crippen molar-refractivity contribution in [1.82, 2.24) is 10.2 Å². The van der Waals surface area contributed by atoms with Crippen molar-refractivity contribution < 1.29 is 32.6 Å². The molecule has 0 aromatic heterocycles. The number of benzene rings is 1. The standard InChI is InChI=1S/C15H19F3N2O4/c1-10(13(21)22)9-20(2)14(23)19-8-7-11-5-3-4-6-12(11)24-15(16,17)18/h3-6,10H,7-9H2,1-2H3,(H,19,23)(H,21,22). The summed E-state index contributed by atoms with van der Waals surface area (Å²) >= 11 is 0. The van der Waals surface area contributed by atoms with Crippen molar-refractivity contribution in [2.75, 3.05) is 20.1 Å². The van der Waals surface area contributed by atoms with Gasteiger partial charge in [-0.05, 0) is 18.1 Å². The van der Waals surface area contributed by atoms with E-state index in [1.807, 2.05) is 0 Å². The third kappa shape index (κ3) is 6.76. The first-order valence-corrected chi connectivity index (χ1v) is 7.15. The van der Waals surface area contributed by atoms with Crippen LogP contribution in [0.25, 0.3) is 0 Å². The van der Waals surface area contributed by atoms with E-state index in [9.17, 15) is 22.8 Å². The number of halogens is 3. The zero-order chi connectivity index (χ0) is 18.3. The van der Waals surface area contributed by atoms with Crippen molar-refractivity contribution in [1.29, 1.82) is 0 Å².